The van der Waals surface area contributed by atoms with Crippen LogP contribution in [0.1, 0.15) is 5.56 Å². The number of hydrogen-bond donors (Lipinski definition) is 1. The molecule has 0 aliphatic heterocycles. The quantitative estimate of drug-likeness (QED) is 0.859. The molecule has 0 spiro atoms. The zero-order valence-corrected chi connectivity index (χ0v) is 9.58. The fourth-order valence-electron chi connectivity index (χ4n) is 1.43. The van der Waals surface area contributed by atoms with Crippen molar-refractivity contribution in [3.8, 4) is 11.1 Å². The van der Waals surface area contributed by atoms with Crippen molar-refractivity contribution in [3.05, 3.63) is 46.4 Å². The van der Waals surface area contributed by atoms with E-state index in [9.17, 15) is 4.39 Å². The smallest absolute Gasteiger partial charge is 0.123 e. The van der Waals surface area contributed by atoms with Crippen LogP contribution >= 0.6 is 23.7 Å². The SMILES string of the molecule is Cl.NCc1cc(F)ccc1-c1ccsc1. The Morgan fingerprint density at radius 3 is 2.67 bits per heavy atom. The first-order chi connectivity index (χ1) is 6.81. The largest absolute Gasteiger partial charge is 0.326 e. The molecule has 15 heavy (non-hydrogen) atoms. The third-order valence-corrected chi connectivity index (χ3v) is 2.80. The van der Waals surface area contributed by atoms with Gasteiger partial charge in [0.2, 0.25) is 0 Å². The van der Waals surface area contributed by atoms with E-state index in [-0.39, 0.29) is 18.2 Å². The lowest BCUT2D eigenvalue weighted by atomic mass is 10.0. The van der Waals surface area contributed by atoms with E-state index in [1.807, 2.05) is 16.8 Å². The summed E-state index contributed by atoms with van der Waals surface area (Å²) in [6.07, 6.45) is 0. The maximum absolute atomic E-state index is 12.9. The van der Waals surface area contributed by atoms with Crippen molar-refractivity contribution in [1.29, 1.82) is 0 Å². The molecule has 2 aromatic rings. The van der Waals surface area contributed by atoms with Crippen molar-refractivity contribution in [2.75, 3.05) is 0 Å². The molecular weight excluding hydrogens is 233 g/mol. The minimum atomic E-state index is -0.232. The van der Waals surface area contributed by atoms with Crippen molar-refractivity contribution >= 4 is 23.7 Å². The highest BCUT2D eigenvalue weighted by molar-refractivity contribution is 7.08. The fourth-order valence-corrected chi connectivity index (χ4v) is 2.09. The van der Waals surface area contributed by atoms with Crippen LogP contribution in [-0.2, 0) is 6.54 Å². The summed E-state index contributed by atoms with van der Waals surface area (Å²) in [6, 6.07) is 6.75. The van der Waals surface area contributed by atoms with Crippen LogP contribution in [-0.4, -0.2) is 0 Å². The number of benzene rings is 1. The summed E-state index contributed by atoms with van der Waals surface area (Å²) >= 11 is 1.62. The van der Waals surface area contributed by atoms with E-state index in [1.54, 1.807) is 17.4 Å². The summed E-state index contributed by atoms with van der Waals surface area (Å²) in [7, 11) is 0. The molecule has 0 fully saturated rings. The van der Waals surface area contributed by atoms with Crippen LogP contribution in [0.2, 0.25) is 0 Å². The molecule has 1 aromatic carbocycles. The zero-order valence-electron chi connectivity index (χ0n) is 7.94. The maximum atomic E-state index is 12.9. The maximum Gasteiger partial charge on any atom is 0.123 e. The first-order valence-electron chi connectivity index (χ1n) is 4.32. The van der Waals surface area contributed by atoms with E-state index >= 15 is 0 Å². The van der Waals surface area contributed by atoms with Gasteiger partial charge in [-0.3, -0.25) is 0 Å². The van der Waals surface area contributed by atoms with Gasteiger partial charge in [0.05, 0.1) is 0 Å². The average molecular weight is 244 g/mol. The Balaban J connectivity index is 0.00000112. The number of hydrogen-bond acceptors (Lipinski definition) is 2. The Morgan fingerprint density at radius 1 is 1.27 bits per heavy atom. The Hall–Kier alpha value is -0.900. The van der Waals surface area contributed by atoms with E-state index < -0.39 is 0 Å². The van der Waals surface area contributed by atoms with Crippen LogP contribution in [0.5, 0.6) is 0 Å². The number of rotatable bonds is 2. The Kier molecular flexibility index (Phi) is 4.27. The average Bonchev–Trinajstić information content (AvgIpc) is 2.70. The van der Waals surface area contributed by atoms with Gasteiger partial charge in [-0.05, 0) is 45.6 Å². The minimum absolute atomic E-state index is 0. The lowest BCUT2D eigenvalue weighted by Crippen LogP contribution is -1.99. The predicted molar refractivity (Wildman–Crippen MR) is 64.9 cm³/mol. The molecule has 0 atom stereocenters. The van der Waals surface area contributed by atoms with Crippen molar-refractivity contribution in [3.63, 3.8) is 0 Å². The molecule has 0 unspecified atom stereocenters. The summed E-state index contributed by atoms with van der Waals surface area (Å²) < 4.78 is 12.9. The lowest BCUT2D eigenvalue weighted by Gasteiger charge is -2.05. The van der Waals surface area contributed by atoms with Gasteiger partial charge in [-0.1, -0.05) is 6.07 Å². The Morgan fingerprint density at radius 2 is 2.07 bits per heavy atom. The molecule has 0 amide bonds. The normalized spacial score (nSPS) is 9.73. The standard InChI is InChI=1S/C11H10FNS.ClH/c12-10-1-2-11(9(5-10)6-13)8-3-4-14-7-8;/h1-5,7H,6,13H2;1H. The molecule has 1 heterocycles. The summed E-state index contributed by atoms with van der Waals surface area (Å²) in [5, 5.41) is 4.03. The molecule has 1 nitrogen and oxygen atoms in total. The van der Waals surface area contributed by atoms with Gasteiger partial charge in [-0.15, -0.1) is 12.4 Å². The first kappa shape index (κ1) is 12.2. The van der Waals surface area contributed by atoms with Crippen molar-refractivity contribution in [1.82, 2.24) is 0 Å². The van der Waals surface area contributed by atoms with Crippen LogP contribution in [0, 0.1) is 5.82 Å². The molecule has 0 saturated carbocycles. The minimum Gasteiger partial charge on any atom is -0.326 e. The number of nitrogens with two attached hydrogens (primary N) is 1. The second-order valence-corrected chi connectivity index (χ2v) is 3.80. The van der Waals surface area contributed by atoms with Crippen LogP contribution in [0.4, 0.5) is 4.39 Å². The van der Waals surface area contributed by atoms with Crippen LogP contribution < -0.4 is 5.73 Å². The van der Waals surface area contributed by atoms with Gasteiger partial charge in [-0.2, -0.15) is 11.3 Å². The highest BCUT2D eigenvalue weighted by Crippen LogP contribution is 2.26. The second kappa shape index (κ2) is 5.26. The molecule has 4 heteroatoms. The fraction of sp³-hybridized carbons (Fsp3) is 0.0909. The number of thiophene rings is 1. The third-order valence-electron chi connectivity index (χ3n) is 2.12. The monoisotopic (exact) mass is 243 g/mol. The lowest BCUT2D eigenvalue weighted by molar-refractivity contribution is 0.625. The third kappa shape index (κ3) is 2.56. The molecule has 0 aliphatic rings. The van der Waals surface area contributed by atoms with E-state index in [0.29, 0.717) is 6.54 Å². The van der Waals surface area contributed by atoms with E-state index in [1.165, 1.54) is 12.1 Å². The van der Waals surface area contributed by atoms with E-state index in [0.717, 1.165) is 16.7 Å². The second-order valence-electron chi connectivity index (χ2n) is 3.02. The van der Waals surface area contributed by atoms with E-state index in [4.69, 9.17) is 5.73 Å². The number of halogens is 2. The van der Waals surface area contributed by atoms with Crippen LogP contribution in [0.25, 0.3) is 11.1 Å². The van der Waals surface area contributed by atoms with Gasteiger partial charge >= 0.3 is 0 Å². The molecule has 0 saturated heterocycles. The van der Waals surface area contributed by atoms with Gasteiger partial charge in [0.1, 0.15) is 5.82 Å². The van der Waals surface area contributed by atoms with Gasteiger partial charge in [0.15, 0.2) is 0 Å². The van der Waals surface area contributed by atoms with Crippen LogP contribution in [0.15, 0.2) is 35.0 Å². The topological polar surface area (TPSA) is 26.0 Å². The van der Waals surface area contributed by atoms with Crippen molar-refractivity contribution in [2.45, 2.75) is 6.54 Å². The summed E-state index contributed by atoms with van der Waals surface area (Å²) in [5.74, 6) is -0.232. The Labute approximate surface area is 98.2 Å². The first-order valence-corrected chi connectivity index (χ1v) is 5.26. The highest BCUT2D eigenvalue weighted by atomic mass is 35.5. The summed E-state index contributed by atoms with van der Waals surface area (Å²) in [6.45, 7) is 0.364. The van der Waals surface area contributed by atoms with Crippen molar-refractivity contribution < 1.29 is 4.39 Å². The van der Waals surface area contributed by atoms with Crippen molar-refractivity contribution in [2.24, 2.45) is 5.73 Å². The summed E-state index contributed by atoms with van der Waals surface area (Å²) in [5.41, 5.74) is 8.54. The van der Waals surface area contributed by atoms with Crippen LogP contribution in [0.3, 0.4) is 0 Å². The molecule has 2 N–H and O–H groups in total. The van der Waals surface area contributed by atoms with Gasteiger partial charge in [0.25, 0.3) is 0 Å². The van der Waals surface area contributed by atoms with Gasteiger partial charge < -0.3 is 5.73 Å². The zero-order chi connectivity index (χ0) is 9.97. The van der Waals surface area contributed by atoms with Gasteiger partial charge in [0, 0.05) is 6.54 Å². The molecular formula is C11H11ClFNS. The molecule has 80 valence electrons. The highest BCUT2D eigenvalue weighted by Gasteiger charge is 2.05. The Bertz CT molecular complexity index is 428. The summed E-state index contributed by atoms with van der Waals surface area (Å²) in [4.78, 5) is 0. The van der Waals surface area contributed by atoms with Gasteiger partial charge in [-0.25, -0.2) is 4.39 Å². The molecule has 1 aromatic heterocycles. The molecule has 0 aliphatic carbocycles. The van der Waals surface area contributed by atoms with E-state index in [2.05, 4.69) is 0 Å². The molecule has 0 bridgehead atoms. The molecule has 2 rings (SSSR count). The molecule has 0 radical (unpaired) electrons. The predicted octanol–water partition coefficient (Wildman–Crippen LogP) is 3.43.